The Bertz CT molecular complexity index is 109. The molecule has 4 nitrogen and oxygen atoms in total. The van der Waals surface area contributed by atoms with E-state index in [1.54, 1.807) is 6.92 Å². The fraction of sp³-hybridized carbons (Fsp3) is 0.900. The van der Waals surface area contributed by atoms with Crippen molar-refractivity contribution in [2.75, 3.05) is 13.2 Å². The monoisotopic (exact) mass is 206 g/mol. The zero-order valence-corrected chi connectivity index (χ0v) is 9.53. The average molecular weight is 206 g/mol. The minimum atomic E-state index is -0.470. The van der Waals surface area contributed by atoms with Gasteiger partial charge < -0.3 is 19.4 Å². The van der Waals surface area contributed by atoms with E-state index in [1.165, 1.54) is 0 Å². The fourth-order valence-electron chi connectivity index (χ4n) is 0.657. The molecule has 0 spiro atoms. The molecule has 0 amide bonds. The van der Waals surface area contributed by atoms with Crippen molar-refractivity contribution >= 4 is 6.29 Å². The number of carbonyl (C=O) groups is 1. The molecule has 0 saturated heterocycles. The Morgan fingerprint density at radius 2 is 1.64 bits per heavy atom. The molecule has 0 saturated carbocycles. The molecule has 0 bridgehead atoms. The van der Waals surface area contributed by atoms with Gasteiger partial charge in [-0.1, -0.05) is 0 Å². The number of ether oxygens (including phenoxy) is 2. The molecule has 1 N–H and O–H groups in total. The van der Waals surface area contributed by atoms with Crippen LogP contribution >= 0.6 is 0 Å². The number of aliphatic hydroxyl groups excluding tert-OH is 1. The third kappa shape index (κ3) is 17.6. The van der Waals surface area contributed by atoms with E-state index in [4.69, 9.17) is 14.6 Å². The lowest BCUT2D eigenvalue weighted by molar-refractivity contribution is -0.123. The van der Waals surface area contributed by atoms with Crippen LogP contribution < -0.4 is 0 Å². The lowest BCUT2D eigenvalue weighted by atomic mass is 10.3. The summed E-state index contributed by atoms with van der Waals surface area (Å²) in [5.74, 6) is 0. The molecule has 0 radical (unpaired) electrons. The van der Waals surface area contributed by atoms with Crippen molar-refractivity contribution in [1.29, 1.82) is 0 Å². The molecule has 86 valence electrons. The van der Waals surface area contributed by atoms with Crippen LogP contribution in [-0.4, -0.2) is 37.0 Å². The molecule has 0 fully saturated rings. The first kappa shape index (κ1) is 16.0. The molecule has 1 atom stereocenters. The molecule has 0 aromatic rings. The summed E-state index contributed by atoms with van der Waals surface area (Å²) in [7, 11) is 0. The number of hydrogen-bond donors (Lipinski definition) is 1. The summed E-state index contributed by atoms with van der Waals surface area (Å²) in [6.45, 7) is 8.83. The molecule has 0 aliphatic heterocycles. The molecule has 0 aromatic heterocycles. The van der Waals surface area contributed by atoms with E-state index < -0.39 is 6.10 Å². The number of carbonyl (C=O) groups excluding carboxylic acids is 1. The Labute approximate surface area is 86.2 Å². The van der Waals surface area contributed by atoms with E-state index in [9.17, 15) is 4.79 Å². The molecule has 0 aliphatic rings. The summed E-state index contributed by atoms with van der Waals surface area (Å²) in [6, 6.07) is 0. The van der Waals surface area contributed by atoms with Crippen molar-refractivity contribution in [2.24, 2.45) is 0 Å². The molecular weight excluding hydrogens is 184 g/mol. The Hall–Kier alpha value is -0.450. The summed E-state index contributed by atoms with van der Waals surface area (Å²) in [5, 5.41) is 8.32. The van der Waals surface area contributed by atoms with Gasteiger partial charge in [0.05, 0.1) is 6.10 Å². The topological polar surface area (TPSA) is 55.8 Å². The zero-order valence-electron chi connectivity index (χ0n) is 9.53. The van der Waals surface area contributed by atoms with E-state index in [0.717, 1.165) is 13.2 Å². The van der Waals surface area contributed by atoms with Crippen LogP contribution in [0.4, 0.5) is 0 Å². The van der Waals surface area contributed by atoms with Gasteiger partial charge in [0.25, 0.3) is 0 Å². The summed E-state index contributed by atoms with van der Waals surface area (Å²) in [5.41, 5.74) is 0. The third-order valence-corrected chi connectivity index (χ3v) is 1.24. The first-order chi connectivity index (χ1) is 6.58. The van der Waals surface area contributed by atoms with Crippen LogP contribution in [0.5, 0.6) is 0 Å². The van der Waals surface area contributed by atoms with Gasteiger partial charge in [-0.2, -0.15) is 0 Å². The maximum Gasteiger partial charge on any atom is 0.154 e. The second kappa shape index (κ2) is 12.6. The minimum absolute atomic E-state index is 0.0370. The number of hydrogen-bond acceptors (Lipinski definition) is 4. The maximum atomic E-state index is 9.46. The molecular formula is C10H22O4. The van der Waals surface area contributed by atoms with Crippen molar-refractivity contribution in [3.8, 4) is 0 Å². The van der Waals surface area contributed by atoms with Crippen molar-refractivity contribution in [3.05, 3.63) is 0 Å². The summed E-state index contributed by atoms with van der Waals surface area (Å²) in [6.07, 6.45) is 0.442. The van der Waals surface area contributed by atoms with Crippen LogP contribution in [0.15, 0.2) is 0 Å². The Morgan fingerprint density at radius 1 is 1.21 bits per heavy atom. The van der Waals surface area contributed by atoms with Crippen LogP contribution in [0.2, 0.25) is 0 Å². The standard InChI is InChI=1S/C6H14O2.C4H8O2/c1-4-7-6(3)8-5-2;1-4(6)2-3-5/h6H,4-5H2,1-3H3;3-4,6H,2H2,1H3. The normalized spacial score (nSPS) is 11.9. The predicted molar refractivity (Wildman–Crippen MR) is 55.1 cm³/mol. The Morgan fingerprint density at radius 3 is 1.79 bits per heavy atom. The van der Waals surface area contributed by atoms with E-state index in [1.807, 2.05) is 20.8 Å². The van der Waals surface area contributed by atoms with Crippen molar-refractivity contribution in [3.63, 3.8) is 0 Å². The summed E-state index contributed by atoms with van der Waals surface area (Å²) in [4.78, 5) is 9.46. The highest BCUT2D eigenvalue weighted by Gasteiger charge is 1.94. The summed E-state index contributed by atoms with van der Waals surface area (Å²) < 4.78 is 10.1. The second-order valence-corrected chi connectivity index (χ2v) is 2.73. The van der Waals surface area contributed by atoms with Gasteiger partial charge in [-0.3, -0.25) is 0 Å². The fourth-order valence-corrected chi connectivity index (χ4v) is 0.657. The SMILES string of the molecule is CC(O)CC=O.CCOC(C)OCC. The molecule has 4 heteroatoms. The first-order valence-electron chi connectivity index (χ1n) is 4.93. The minimum Gasteiger partial charge on any atom is -0.393 e. The number of aldehydes is 1. The number of rotatable bonds is 6. The van der Waals surface area contributed by atoms with Crippen LogP contribution in [-0.2, 0) is 14.3 Å². The van der Waals surface area contributed by atoms with Gasteiger partial charge in [-0.25, -0.2) is 0 Å². The first-order valence-corrected chi connectivity index (χ1v) is 4.93. The highest BCUT2D eigenvalue weighted by molar-refractivity contribution is 5.49. The van der Waals surface area contributed by atoms with Crippen LogP contribution in [0.3, 0.4) is 0 Å². The third-order valence-electron chi connectivity index (χ3n) is 1.24. The van der Waals surface area contributed by atoms with Crippen molar-refractivity contribution in [2.45, 2.75) is 46.5 Å². The van der Waals surface area contributed by atoms with Crippen molar-refractivity contribution in [1.82, 2.24) is 0 Å². The highest BCUT2D eigenvalue weighted by Crippen LogP contribution is 1.90. The molecule has 0 aliphatic carbocycles. The maximum absolute atomic E-state index is 9.46. The zero-order chi connectivity index (χ0) is 11.4. The van der Waals surface area contributed by atoms with Crippen LogP contribution in [0.25, 0.3) is 0 Å². The second-order valence-electron chi connectivity index (χ2n) is 2.73. The molecule has 1 unspecified atom stereocenters. The lowest BCUT2D eigenvalue weighted by Gasteiger charge is -2.09. The van der Waals surface area contributed by atoms with Gasteiger partial charge in [0.15, 0.2) is 6.29 Å². The van der Waals surface area contributed by atoms with E-state index in [2.05, 4.69) is 0 Å². The lowest BCUT2D eigenvalue weighted by Crippen LogP contribution is -2.11. The van der Waals surface area contributed by atoms with Crippen LogP contribution in [0, 0.1) is 0 Å². The number of aliphatic hydroxyl groups is 1. The van der Waals surface area contributed by atoms with Gasteiger partial charge in [0.2, 0.25) is 0 Å². The van der Waals surface area contributed by atoms with Gasteiger partial charge in [0, 0.05) is 19.6 Å². The van der Waals surface area contributed by atoms with E-state index in [-0.39, 0.29) is 12.7 Å². The molecule has 0 aromatic carbocycles. The van der Waals surface area contributed by atoms with Crippen molar-refractivity contribution < 1.29 is 19.4 Å². The van der Waals surface area contributed by atoms with Gasteiger partial charge in [-0.05, 0) is 27.7 Å². The Kier molecular flexibility index (Phi) is 14.3. The molecule has 0 rings (SSSR count). The van der Waals surface area contributed by atoms with E-state index in [0.29, 0.717) is 6.29 Å². The largest absolute Gasteiger partial charge is 0.393 e. The molecule has 0 heterocycles. The van der Waals surface area contributed by atoms with Gasteiger partial charge >= 0.3 is 0 Å². The smallest absolute Gasteiger partial charge is 0.154 e. The average Bonchev–Trinajstić information content (AvgIpc) is 2.05. The molecule has 14 heavy (non-hydrogen) atoms. The van der Waals surface area contributed by atoms with E-state index >= 15 is 0 Å². The quantitative estimate of drug-likeness (QED) is 0.526. The Balaban J connectivity index is 0. The van der Waals surface area contributed by atoms with Gasteiger partial charge in [0.1, 0.15) is 6.29 Å². The van der Waals surface area contributed by atoms with Crippen LogP contribution in [0.1, 0.15) is 34.1 Å². The highest BCUT2D eigenvalue weighted by atomic mass is 16.7. The summed E-state index contributed by atoms with van der Waals surface area (Å²) >= 11 is 0. The predicted octanol–water partition coefficient (Wildman–Crippen LogP) is 1.36. The van der Waals surface area contributed by atoms with Gasteiger partial charge in [-0.15, -0.1) is 0 Å².